The molecule has 0 aliphatic heterocycles. The van der Waals surface area contributed by atoms with E-state index in [0.717, 1.165) is 24.0 Å². The second-order valence-corrected chi connectivity index (χ2v) is 8.50. The van der Waals surface area contributed by atoms with Gasteiger partial charge in [-0.2, -0.15) is 0 Å². The number of pyridine rings is 2. The van der Waals surface area contributed by atoms with E-state index in [4.69, 9.17) is 4.74 Å². The normalized spacial score (nSPS) is 13.1. The third kappa shape index (κ3) is 3.85. The fourth-order valence-corrected chi connectivity index (χ4v) is 3.82. The number of aromatic amines is 1. The van der Waals surface area contributed by atoms with Gasteiger partial charge in [0.2, 0.25) is 5.88 Å². The van der Waals surface area contributed by atoms with Gasteiger partial charge in [-0.3, -0.25) is 19.1 Å². The van der Waals surface area contributed by atoms with Crippen molar-refractivity contribution >= 4 is 22.6 Å². The van der Waals surface area contributed by atoms with Crippen LogP contribution < -0.4 is 21.3 Å². The third-order valence-electron chi connectivity index (χ3n) is 6.11. The van der Waals surface area contributed by atoms with Crippen molar-refractivity contribution < 1.29 is 9.53 Å². The monoisotopic (exact) mass is 457 g/mol. The van der Waals surface area contributed by atoms with E-state index in [9.17, 15) is 14.4 Å². The number of ether oxygens (including phenoxy) is 1. The SMILES string of the molecule is Cc1cccc(Oc2ncccc2NC(=O)c2cc(C3CC3)nc3c2c(=O)[nH]c(=O)n3C)c1C. The number of aryl methyl sites for hydroxylation is 2. The summed E-state index contributed by atoms with van der Waals surface area (Å²) in [6.07, 6.45) is 3.48. The van der Waals surface area contributed by atoms with Gasteiger partial charge >= 0.3 is 5.69 Å². The molecule has 0 radical (unpaired) electrons. The number of hydrogen-bond acceptors (Lipinski definition) is 6. The highest BCUT2D eigenvalue weighted by Gasteiger charge is 2.28. The molecule has 1 aliphatic rings. The van der Waals surface area contributed by atoms with E-state index in [1.54, 1.807) is 24.4 Å². The second-order valence-electron chi connectivity index (χ2n) is 8.50. The molecule has 0 unspecified atom stereocenters. The second kappa shape index (κ2) is 8.26. The fraction of sp³-hybridized carbons (Fsp3) is 0.240. The summed E-state index contributed by atoms with van der Waals surface area (Å²) in [7, 11) is 1.52. The van der Waals surface area contributed by atoms with Crippen LogP contribution in [0.2, 0.25) is 0 Å². The van der Waals surface area contributed by atoms with Crippen LogP contribution in [0, 0.1) is 13.8 Å². The van der Waals surface area contributed by atoms with E-state index in [1.807, 2.05) is 32.0 Å². The zero-order valence-corrected chi connectivity index (χ0v) is 19.0. The lowest BCUT2D eigenvalue weighted by atomic mass is 10.1. The highest BCUT2D eigenvalue weighted by molar-refractivity contribution is 6.12. The number of carbonyl (C=O) groups is 1. The first-order chi connectivity index (χ1) is 16.3. The van der Waals surface area contributed by atoms with Gasteiger partial charge in [0, 0.05) is 24.9 Å². The summed E-state index contributed by atoms with van der Waals surface area (Å²) >= 11 is 0. The summed E-state index contributed by atoms with van der Waals surface area (Å²) < 4.78 is 7.27. The first-order valence-electron chi connectivity index (χ1n) is 11.0. The summed E-state index contributed by atoms with van der Waals surface area (Å²) in [6, 6.07) is 10.7. The maximum absolute atomic E-state index is 13.4. The maximum Gasteiger partial charge on any atom is 0.329 e. The van der Waals surface area contributed by atoms with Crippen LogP contribution in [-0.2, 0) is 7.05 Å². The van der Waals surface area contributed by atoms with E-state index < -0.39 is 17.2 Å². The summed E-state index contributed by atoms with van der Waals surface area (Å²) in [5.74, 6) is 0.557. The van der Waals surface area contributed by atoms with Crippen LogP contribution >= 0.6 is 0 Å². The molecule has 0 atom stereocenters. The van der Waals surface area contributed by atoms with Gasteiger partial charge < -0.3 is 10.1 Å². The Hall–Kier alpha value is -4.27. The van der Waals surface area contributed by atoms with Gasteiger partial charge in [0.25, 0.3) is 11.5 Å². The summed E-state index contributed by atoms with van der Waals surface area (Å²) in [4.78, 5) is 49.3. The molecule has 0 saturated heterocycles. The summed E-state index contributed by atoms with van der Waals surface area (Å²) in [5.41, 5.74) is 2.17. The van der Waals surface area contributed by atoms with Crippen molar-refractivity contribution in [3.63, 3.8) is 0 Å². The van der Waals surface area contributed by atoms with Crippen LogP contribution in [0.15, 0.2) is 52.2 Å². The zero-order chi connectivity index (χ0) is 24.0. The Morgan fingerprint density at radius 1 is 1.18 bits per heavy atom. The Labute approximate surface area is 194 Å². The average Bonchev–Trinajstić information content (AvgIpc) is 3.66. The van der Waals surface area contributed by atoms with Crippen LogP contribution in [0.4, 0.5) is 5.69 Å². The van der Waals surface area contributed by atoms with E-state index in [-0.39, 0.29) is 28.4 Å². The number of nitrogens with zero attached hydrogens (tertiary/aromatic N) is 3. The zero-order valence-electron chi connectivity index (χ0n) is 19.0. The molecular weight excluding hydrogens is 434 g/mol. The molecule has 3 aromatic heterocycles. The molecule has 3 heterocycles. The summed E-state index contributed by atoms with van der Waals surface area (Å²) in [6.45, 7) is 3.94. The standard InChI is InChI=1S/C25H23N5O4/c1-13-6-4-8-19(14(13)2)34-24-17(7-5-11-26-24)28-22(31)16-12-18(15-9-10-15)27-21-20(16)23(32)29-25(33)30(21)3/h4-8,11-12,15H,9-10H2,1-3H3,(H,28,31)(H,29,32,33). The third-order valence-corrected chi connectivity index (χ3v) is 6.11. The lowest BCUT2D eigenvalue weighted by Gasteiger charge is -2.14. The minimum absolute atomic E-state index is 0.0601. The molecule has 1 aliphatic carbocycles. The Kier molecular flexibility index (Phi) is 5.24. The van der Waals surface area contributed by atoms with Crippen molar-refractivity contribution in [3.05, 3.63) is 85.8 Å². The van der Waals surface area contributed by atoms with E-state index in [0.29, 0.717) is 17.1 Å². The minimum Gasteiger partial charge on any atom is -0.437 e. The largest absolute Gasteiger partial charge is 0.437 e. The number of aromatic nitrogens is 4. The Balaban J connectivity index is 1.57. The Bertz CT molecular complexity index is 1570. The quantitative estimate of drug-likeness (QED) is 0.473. The number of amides is 1. The van der Waals surface area contributed by atoms with Crippen molar-refractivity contribution in [1.82, 2.24) is 19.5 Å². The van der Waals surface area contributed by atoms with Crippen LogP contribution in [0.25, 0.3) is 11.0 Å². The number of H-pyrrole nitrogens is 1. The molecule has 0 bridgehead atoms. The minimum atomic E-state index is -0.656. The van der Waals surface area contributed by atoms with Crippen LogP contribution in [0.3, 0.4) is 0 Å². The van der Waals surface area contributed by atoms with Crippen molar-refractivity contribution in [2.45, 2.75) is 32.6 Å². The van der Waals surface area contributed by atoms with E-state index >= 15 is 0 Å². The summed E-state index contributed by atoms with van der Waals surface area (Å²) in [5, 5.41) is 2.89. The highest BCUT2D eigenvalue weighted by atomic mass is 16.5. The molecule has 4 aromatic rings. The lowest BCUT2D eigenvalue weighted by Crippen LogP contribution is -2.31. The number of anilines is 1. The number of nitrogens with one attached hydrogen (secondary N) is 2. The predicted octanol–water partition coefficient (Wildman–Crippen LogP) is 3.56. The van der Waals surface area contributed by atoms with E-state index in [2.05, 4.69) is 20.3 Å². The molecule has 1 fully saturated rings. The molecule has 172 valence electrons. The molecule has 9 nitrogen and oxygen atoms in total. The Morgan fingerprint density at radius 3 is 2.74 bits per heavy atom. The van der Waals surface area contributed by atoms with Crippen LogP contribution in [0.1, 0.15) is 45.9 Å². The van der Waals surface area contributed by atoms with Gasteiger partial charge in [-0.25, -0.2) is 14.8 Å². The van der Waals surface area contributed by atoms with Gasteiger partial charge in [0.15, 0.2) is 0 Å². The maximum atomic E-state index is 13.4. The van der Waals surface area contributed by atoms with Gasteiger partial charge in [-0.05, 0) is 62.1 Å². The molecule has 5 rings (SSSR count). The fourth-order valence-electron chi connectivity index (χ4n) is 3.82. The average molecular weight is 457 g/mol. The number of benzene rings is 1. The van der Waals surface area contributed by atoms with Gasteiger partial charge in [0.1, 0.15) is 17.1 Å². The van der Waals surface area contributed by atoms with Crippen LogP contribution in [0.5, 0.6) is 11.6 Å². The van der Waals surface area contributed by atoms with Crippen LogP contribution in [-0.4, -0.2) is 25.4 Å². The highest BCUT2D eigenvalue weighted by Crippen LogP contribution is 2.40. The number of fused-ring (bicyclic) bond motifs is 1. The van der Waals surface area contributed by atoms with Crippen molar-refractivity contribution in [1.29, 1.82) is 0 Å². The van der Waals surface area contributed by atoms with E-state index in [1.165, 1.54) is 11.6 Å². The van der Waals surface area contributed by atoms with Gasteiger partial charge in [-0.15, -0.1) is 0 Å². The van der Waals surface area contributed by atoms with Crippen molar-refractivity contribution in [2.75, 3.05) is 5.32 Å². The Morgan fingerprint density at radius 2 is 1.97 bits per heavy atom. The molecule has 1 aromatic carbocycles. The smallest absolute Gasteiger partial charge is 0.329 e. The molecule has 0 spiro atoms. The number of carbonyl (C=O) groups excluding carboxylic acids is 1. The van der Waals surface area contributed by atoms with Gasteiger partial charge in [0.05, 0.1) is 10.9 Å². The molecule has 34 heavy (non-hydrogen) atoms. The first-order valence-corrected chi connectivity index (χ1v) is 11.0. The molecular formula is C25H23N5O4. The van der Waals surface area contributed by atoms with Gasteiger partial charge in [-0.1, -0.05) is 12.1 Å². The van der Waals surface area contributed by atoms with Crippen molar-refractivity contribution in [2.24, 2.45) is 7.05 Å². The number of hydrogen-bond donors (Lipinski definition) is 2. The predicted molar refractivity (Wildman–Crippen MR) is 128 cm³/mol. The number of rotatable bonds is 5. The molecule has 1 amide bonds. The molecule has 2 N–H and O–H groups in total. The van der Waals surface area contributed by atoms with Crippen molar-refractivity contribution in [3.8, 4) is 11.6 Å². The topological polar surface area (TPSA) is 119 Å². The molecule has 9 heteroatoms. The first kappa shape index (κ1) is 21.6. The molecule has 1 saturated carbocycles. The lowest BCUT2D eigenvalue weighted by molar-refractivity contribution is 0.102.